The van der Waals surface area contributed by atoms with E-state index in [-0.39, 0.29) is 0 Å². The van der Waals surface area contributed by atoms with Crippen molar-refractivity contribution in [3.05, 3.63) is 36.7 Å². The largest absolute Gasteiger partial charge is 0.347 e. The number of para-hydroxylation sites is 1. The lowest BCUT2D eigenvalue weighted by molar-refractivity contribution is 0.917. The predicted molar refractivity (Wildman–Crippen MR) is 85.1 cm³/mol. The molecule has 0 aliphatic carbocycles. The Morgan fingerprint density at radius 1 is 1.00 bits per heavy atom. The highest BCUT2D eigenvalue weighted by Crippen LogP contribution is 2.28. The molecule has 0 atom stereocenters. The van der Waals surface area contributed by atoms with E-state index >= 15 is 0 Å². The number of imidazole rings is 1. The van der Waals surface area contributed by atoms with Gasteiger partial charge in [-0.3, -0.25) is 0 Å². The minimum Gasteiger partial charge on any atom is -0.347 e. The van der Waals surface area contributed by atoms with E-state index in [1.54, 1.807) is 6.33 Å². The molecule has 2 heterocycles. The van der Waals surface area contributed by atoms with Crippen LogP contribution in [0.4, 0.5) is 17.5 Å². The molecule has 0 radical (unpaired) electrons. The Labute approximate surface area is 123 Å². The number of hydrogen-bond donors (Lipinski definition) is 0. The van der Waals surface area contributed by atoms with Crippen LogP contribution in [0.3, 0.4) is 0 Å². The molecule has 0 aliphatic heterocycles. The Balaban J connectivity index is 2.21. The normalized spacial score (nSPS) is 10.9. The van der Waals surface area contributed by atoms with Crippen LogP contribution < -0.4 is 9.80 Å². The number of aryl methyl sites for hydroxylation is 1. The highest BCUT2D eigenvalue weighted by molar-refractivity contribution is 5.87. The van der Waals surface area contributed by atoms with Crippen LogP contribution in [-0.4, -0.2) is 40.7 Å². The van der Waals surface area contributed by atoms with Gasteiger partial charge in [0.25, 0.3) is 0 Å². The zero-order valence-electron chi connectivity index (χ0n) is 12.6. The van der Waals surface area contributed by atoms with Gasteiger partial charge in [0.15, 0.2) is 17.0 Å². The van der Waals surface area contributed by atoms with Crippen molar-refractivity contribution in [2.75, 3.05) is 30.9 Å². The van der Waals surface area contributed by atoms with Crippen LogP contribution in [0.25, 0.3) is 11.2 Å². The van der Waals surface area contributed by atoms with Gasteiger partial charge in [-0.25, -0.2) is 4.98 Å². The summed E-state index contributed by atoms with van der Waals surface area (Å²) < 4.78 is 1.91. The number of nitrogens with zero attached hydrogens (tertiary/aromatic N) is 6. The fourth-order valence-corrected chi connectivity index (χ4v) is 2.19. The summed E-state index contributed by atoms with van der Waals surface area (Å²) in [6.07, 6.45) is 1.76. The Morgan fingerprint density at radius 3 is 2.38 bits per heavy atom. The number of anilines is 3. The number of fused-ring (bicyclic) bond motifs is 1. The molecule has 108 valence electrons. The molecule has 6 nitrogen and oxygen atoms in total. The molecule has 2 aromatic heterocycles. The van der Waals surface area contributed by atoms with Gasteiger partial charge in [-0.2, -0.15) is 9.97 Å². The average molecular weight is 282 g/mol. The Kier molecular flexibility index (Phi) is 3.21. The van der Waals surface area contributed by atoms with Crippen molar-refractivity contribution >= 4 is 28.6 Å². The fraction of sp³-hybridized carbons (Fsp3) is 0.267. The molecular formula is C15H18N6. The van der Waals surface area contributed by atoms with Gasteiger partial charge >= 0.3 is 0 Å². The van der Waals surface area contributed by atoms with Gasteiger partial charge in [0, 0.05) is 33.9 Å². The third kappa shape index (κ3) is 2.29. The third-order valence-electron chi connectivity index (χ3n) is 3.39. The summed E-state index contributed by atoms with van der Waals surface area (Å²) >= 11 is 0. The zero-order valence-corrected chi connectivity index (χ0v) is 12.6. The Morgan fingerprint density at radius 2 is 1.71 bits per heavy atom. The minimum absolute atomic E-state index is 0.670. The second-order valence-corrected chi connectivity index (χ2v) is 5.16. The smallest absolute Gasteiger partial charge is 0.228 e. The molecule has 0 amide bonds. The standard InChI is InChI=1S/C15H18N6/c1-19(2)15-17-13-12(16-10-20(13)3)14(18-15)21(4)11-8-6-5-7-9-11/h5-10H,1-4H3. The summed E-state index contributed by atoms with van der Waals surface area (Å²) in [5.41, 5.74) is 2.69. The minimum atomic E-state index is 0.670. The van der Waals surface area contributed by atoms with E-state index in [9.17, 15) is 0 Å². The summed E-state index contributed by atoms with van der Waals surface area (Å²) in [4.78, 5) is 17.6. The van der Waals surface area contributed by atoms with Gasteiger partial charge in [0.1, 0.15) is 0 Å². The molecule has 1 aromatic carbocycles. The van der Waals surface area contributed by atoms with Crippen molar-refractivity contribution in [1.82, 2.24) is 19.5 Å². The van der Waals surface area contributed by atoms with Crippen LogP contribution in [0, 0.1) is 0 Å². The van der Waals surface area contributed by atoms with Crippen LogP contribution in [-0.2, 0) is 7.05 Å². The maximum absolute atomic E-state index is 4.65. The predicted octanol–water partition coefficient (Wildman–Crippen LogP) is 2.20. The van der Waals surface area contributed by atoms with Crippen LogP contribution in [0.15, 0.2) is 36.7 Å². The van der Waals surface area contributed by atoms with Crippen molar-refractivity contribution in [3.63, 3.8) is 0 Å². The van der Waals surface area contributed by atoms with Gasteiger partial charge in [0.05, 0.1) is 6.33 Å². The topological polar surface area (TPSA) is 50.1 Å². The second-order valence-electron chi connectivity index (χ2n) is 5.16. The molecule has 21 heavy (non-hydrogen) atoms. The molecule has 3 rings (SSSR count). The second kappa shape index (κ2) is 5.05. The molecule has 0 unspecified atom stereocenters. The number of aromatic nitrogens is 4. The summed E-state index contributed by atoms with van der Waals surface area (Å²) in [7, 11) is 7.80. The first-order valence-corrected chi connectivity index (χ1v) is 6.73. The monoisotopic (exact) mass is 282 g/mol. The Hall–Kier alpha value is -2.63. The molecule has 0 N–H and O–H groups in total. The van der Waals surface area contributed by atoms with Gasteiger partial charge in [-0.05, 0) is 12.1 Å². The highest BCUT2D eigenvalue weighted by Gasteiger charge is 2.17. The first-order chi connectivity index (χ1) is 10.1. The summed E-state index contributed by atoms with van der Waals surface area (Å²) in [6, 6.07) is 10.1. The van der Waals surface area contributed by atoms with E-state index in [2.05, 4.69) is 15.0 Å². The van der Waals surface area contributed by atoms with Crippen LogP contribution >= 0.6 is 0 Å². The van der Waals surface area contributed by atoms with Gasteiger partial charge < -0.3 is 14.4 Å². The maximum atomic E-state index is 4.65. The lowest BCUT2D eigenvalue weighted by atomic mass is 10.3. The van der Waals surface area contributed by atoms with Crippen LogP contribution in [0.1, 0.15) is 0 Å². The van der Waals surface area contributed by atoms with Gasteiger partial charge in [0.2, 0.25) is 5.95 Å². The van der Waals surface area contributed by atoms with Crippen molar-refractivity contribution in [2.24, 2.45) is 7.05 Å². The number of hydrogen-bond acceptors (Lipinski definition) is 5. The average Bonchev–Trinajstić information content (AvgIpc) is 2.88. The maximum Gasteiger partial charge on any atom is 0.228 e. The van der Waals surface area contributed by atoms with Gasteiger partial charge in [-0.1, -0.05) is 18.2 Å². The highest BCUT2D eigenvalue weighted by atomic mass is 15.3. The first-order valence-electron chi connectivity index (χ1n) is 6.73. The number of rotatable bonds is 3. The molecule has 0 aliphatic rings. The molecule has 0 fully saturated rings. The fourth-order valence-electron chi connectivity index (χ4n) is 2.19. The summed E-state index contributed by atoms with van der Waals surface area (Å²) in [5.74, 6) is 1.47. The number of benzene rings is 1. The van der Waals surface area contributed by atoms with Gasteiger partial charge in [-0.15, -0.1) is 0 Å². The van der Waals surface area contributed by atoms with Crippen molar-refractivity contribution in [1.29, 1.82) is 0 Å². The lowest BCUT2D eigenvalue weighted by Gasteiger charge is -2.20. The molecule has 3 aromatic rings. The first kappa shape index (κ1) is 13.4. The van der Waals surface area contributed by atoms with Crippen molar-refractivity contribution in [3.8, 4) is 0 Å². The lowest BCUT2D eigenvalue weighted by Crippen LogP contribution is -2.17. The van der Waals surface area contributed by atoms with E-state index in [0.717, 1.165) is 22.7 Å². The van der Waals surface area contributed by atoms with Crippen LogP contribution in [0.2, 0.25) is 0 Å². The molecular weight excluding hydrogens is 264 g/mol. The molecule has 0 bridgehead atoms. The Bertz CT molecular complexity index is 762. The molecule has 0 saturated carbocycles. The van der Waals surface area contributed by atoms with Crippen molar-refractivity contribution in [2.45, 2.75) is 0 Å². The van der Waals surface area contributed by atoms with E-state index in [4.69, 9.17) is 0 Å². The summed E-state index contributed by atoms with van der Waals surface area (Å²) in [5, 5.41) is 0. The summed E-state index contributed by atoms with van der Waals surface area (Å²) in [6.45, 7) is 0. The SMILES string of the molecule is CN(C)c1nc(N(C)c2ccccc2)c2ncn(C)c2n1. The molecule has 0 saturated heterocycles. The molecule has 0 spiro atoms. The van der Waals surface area contributed by atoms with E-state index in [1.165, 1.54) is 0 Å². The quantitative estimate of drug-likeness (QED) is 0.737. The van der Waals surface area contributed by atoms with E-state index < -0.39 is 0 Å². The van der Waals surface area contributed by atoms with E-state index in [0.29, 0.717) is 5.95 Å². The van der Waals surface area contributed by atoms with E-state index in [1.807, 2.05) is 72.9 Å². The third-order valence-corrected chi connectivity index (χ3v) is 3.39. The van der Waals surface area contributed by atoms with Crippen molar-refractivity contribution < 1.29 is 0 Å². The zero-order chi connectivity index (χ0) is 15.0. The molecule has 6 heteroatoms. The van der Waals surface area contributed by atoms with Crippen LogP contribution in [0.5, 0.6) is 0 Å².